The summed E-state index contributed by atoms with van der Waals surface area (Å²) in [5.74, 6) is 0. The fourth-order valence-corrected chi connectivity index (χ4v) is 4.30. The molecule has 0 aliphatic heterocycles. The van der Waals surface area contributed by atoms with Crippen LogP contribution in [0.2, 0.25) is 0 Å². The van der Waals surface area contributed by atoms with Gasteiger partial charge in [-0.2, -0.15) is 0 Å². The molecule has 0 saturated heterocycles. The molecular weight excluding hydrogens is 318 g/mol. The summed E-state index contributed by atoms with van der Waals surface area (Å²) in [5.41, 5.74) is 5.54. The van der Waals surface area contributed by atoms with Crippen molar-refractivity contribution in [3.63, 3.8) is 0 Å². The number of aliphatic hydroxyl groups is 1. The molecule has 0 bridgehead atoms. The van der Waals surface area contributed by atoms with Gasteiger partial charge in [0, 0.05) is 21.9 Å². The Balaban J connectivity index is 1.53. The fraction of sp³-hybridized carbons (Fsp3) is 0.800. The summed E-state index contributed by atoms with van der Waals surface area (Å²) in [4.78, 5) is 2.86. The van der Waals surface area contributed by atoms with Crippen LogP contribution in [-0.2, 0) is 17.6 Å². The van der Waals surface area contributed by atoms with Crippen LogP contribution in [0.25, 0.3) is 0 Å². The molecule has 24 heavy (non-hydrogen) atoms. The molecular formula is C20H35NO2S. The van der Waals surface area contributed by atoms with Crippen molar-refractivity contribution in [2.24, 2.45) is 5.73 Å². The van der Waals surface area contributed by atoms with Gasteiger partial charge in [-0.05, 0) is 64.0 Å². The Bertz CT molecular complexity index is 452. The number of rotatable bonds is 11. The molecule has 2 rings (SSSR count). The maximum atomic E-state index is 9.22. The van der Waals surface area contributed by atoms with Crippen molar-refractivity contribution >= 4 is 11.3 Å². The predicted molar refractivity (Wildman–Crippen MR) is 103 cm³/mol. The van der Waals surface area contributed by atoms with Crippen LogP contribution in [0, 0.1) is 0 Å². The van der Waals surface area contributed by atoms with Gasteiger partial charge in [0.05, 0.1) is 12.7 Å². The Hall–Kier alpha value is -0.420. The number of hydrogen-bond acceptors (Lipinski definition) is 4. The van der Waals surface area contributed by atoms with Gasteiger partial charge >= 0.3 is 0 Å². The van der Waals surface area contributed by atoms with Crippen molar-refractivity contribution in [2.45, 2.75) is 89.2 Å². The first-order valence-electron chi connectivity index (χ1n) is 9.68. The lowest BCUT2D eigenvalue weighted by Gasteiger charge is -2.21. The average Bonchev–Trinajstić information content (AvgIpc) is 3.05. The molecule has 1 atom stereocenters. The third kappa shape index (κ3) is 7.64. The molecule has 0 radical (unpaired) electrons. The summed E-state index contributed by atoms with van der Waals surface area (Å²) in [6, 6.07) is 4.48. The Kier molecular flexibility index (Phi) is 8.74. The van der Waals surface area contributed by atoms with Crippen molar-refractivity contribution in [2.75, 3.05) is 13.2 Å². The van der Waals surface area contributed by atoms with Crippen LogP contribution >= 0.6 is 11.3 Å². The van der Waals surface area contributed by atoms with E-state index in [2.05, 4.69) is 12.1 Å². The zero-order chi connectivity index (χ0) is 17.3. The van der Waals surface area contributed by atoms with Crippen molar-refractivity contribution in [1.29, 1.82) is 0 Å². The smallest absolute Gasteiger partial charge is 0.0608 e. The van der Waals surface area contributed by atoms with Crippen LogP contribution in [0.3, 0.4) is 0 Å². The first kappa shape index (κ1) is 19.9. The van der Waals surface area contributed by atoms with Crippen LogP contribution in [0.1, 0.15) is 74.5 Å². The lowest BCUT2D eigenvalue weighted by Crippen LogP contribution is -2.40. The van der Waals surface area contributed by atoms with E-state index in [-0.39, 0.29) is 6.61 Å². The van der Waals surface area contributed by atoms with E-state index in [9.17, 15) is 5.11 Å². The van der Waals surface area contributed by atoms with Gasteiger partial charge in [0.15, 0.2) is 0 Å². The van der Waals surface area contributed by atoms with Gasteiger partial charge in [-0.3, -0.25) is 0 Å². The van der Waals surface area contributed by atoms with E-state index < -0.39 is 5.54 Å². The molecule has 0 spiro atoms. The summed E-state index contributed by atoms with van der Waals surface area (Å²) in [7, 11) is 0. The molecule has 0 aromatic carbocycles. The molecule has 1 unspecified atom stereocenters. The highest BCUT2D eigenvalue weighted by molar-refractivity contribution is 7.11. The Labute approximate surface area is 151 Å². The number of ether oxygens (including phenoxy) is 1. The van der Waals surface area contributed by atoms with Crippen molar-refractivity contribution in [1.82, 2.24) is 0 Å². The lowest BCUT2D eigenvalue weighted by molar-refractivity contribution is 0.0263. The Morgan fingerprint density at radius 3 is 2.54 bits per heavy atom. The normalized spacial score (nSPS) is 18.6. The number of aryl methyl sites for hydroxylation is 2. The molecule has 1 heterocycles. The highest BCUT2D eigenvalue weighted by Crippen LogP contribution is 2.23. The number of aliphatic hydroxyl groups excluding tert-OH is 1. The van der Waals surface area contributed by atoms with Crippen LogP contribution in [0.4, 0.5) is 0 Å². The van der Waals surface area contributed by atoms with E-state index in [4.69, 9.17) is 10.5 Å². The predicted octanol–water partition coefficient (Wildman–Crippen LogP) is 4.45. The molecule has 1 aromatic heterocycles. The van der Waals surface area contributed by atoms with Crippen molar-refractivity contribution in [3.05, 3.63) is 21.9 Å². The minimum Gasteiger partial charge on any atom is -0.394 e. The lowest BCUT2D eigenvalue weighted by atomic mass is 9.98. The third-order valence-corrected chi connectivity index (χ3v) is 6.20. The molecule has 3 N–H and O–H groups in total. The minimum absolute atomic E-state index is 0.0498. The van der Waals surface area contributed by atoms with E-state index in [0.717, 1.165) is 19.4 Å². The maximum Gasteiger partial charge on any atom is 0.0608 e. The summed E-state index contributed by atoms with van der Waals surface area (Å²) >= 11 is 1.90. The molecule has 1 aromatic rings. The zero-order valence-electron chi connectivity index (χ0n) is 15.3. The van der Waals surface area contributed by atoms with Crippen LogP contribution in [0.15, 0.2) is 12.1 Å². The van der Waals surface area contributed by atoms with E-state index in [1.54, 1.807) is 0 Å². The molecule has 1 saturated carbocycles. The largest absolute Gasteiger partial charge is 0.394 e. The Morgan fingerprint density at radius 1 is 1.12 bits per heavy atom. The summed E-state index contributed by atoms with van der Waals surface area (Å²) in [5, 5.41) is 9.22. The summed E-state index contributed by atoms with van der Waals surface area (Å²) in [6.07, 6.45) is 13.9. The number of unbranched alkanes of at least 4 members (excludes halogenated alkanes) is 2. The van der Waals surface area contributed by atoms with Crippen LogP contribution in [0.5, 0.6) is 0 Å². The van der Waals surface area contributed by atoms with Gasteiger partial charge in [-0.1, -0.05) is 25.7 Å². The van der Waals surface area contributed by atoms with Gasteiger partial charge in [0.2, 0.25) is 0 Å². The highest BCUT2D eigenvalue weighted by Gasteiger charge is 2.17. The average molecular weight is 354 g/mol. The second-order valence-corrected chi connectivity index (χ2v) is 8.87. The van der Waals surface area contributed by atoms with E-state index >= 15 is 0 Å². The van der Waals surface area contributed by atoms with E-state index in [1.165, 1.54) is 67.5 Å². The van der Waals surface area contributed by atoms with Crippen LogP contribution < -0.4 is 5.73 Å². The number of nitrogens with two attached hydrogens (primary N) is 1. The third-order valence-electron chi connectivity index (χ3n) is 4.99. The summed E-state index contributed by atoms with van der Waals surface area (Å²) in [6.45, 7) is 2.90. The van der Waals surface area contributed by atoms with Crippen molar-refractivity contribution < 1.29 is 9.84 Å². The van der Waals surface area contributed by atoms with Crippen LogP contribution in [-0.4, -0.2) is 30.0 Å². The molecule has 4 heteroatoms. The van der Waals surface area contributed by atoms with Gasteiger partial charge in [0.25, 0.3) is 0 Å². The SMILES string of the molecule is CC(N)(CO)CCc1ccc(CCCCCOC2CCCCC2)s1. The monoisotopic (exact) mass is 353 g/mol. The minimum atomic E-state index is -0.456. The van der Waals surface area contributed by atoms with Crippen molar-refractivity contribution in [3.8, 4) is 0 Å². The second-order valence-electron chi connectivity index (χ2n) is 7.62. The van der Waals surface area contributed by atoms with Gasteiger partial charge in [0.1, 0.15) is 0 Å². The topological polar surface area (TPSA) is 55.5 Å². The second kappa shape index (κ2) is 10.5. The molecule has 0 amide bonds. The molecule has 1 aliphatic rings. The molecule has 3 nitrogen and oxygen atoms in total. The molecule has 138 valence electrons. The first-order valence-corrected chi connectivity index (χ1v) is 10.5. The van der Waals surface area contributed by atoms with E-state index in [0.29, 0.717) is 6.10 Å². The maximum absolute atomic E-state index is 9.22. The van der Waals surface area contributed by atoms with Gasteiger partial charge < -0.3 is 15.6 Å². The molecule has 1 aliphatic carbocycles. The fourth-order valence-electron chi connectivity index (χ4n) is 3.24. The summed E-state index contributed by atoms with van der Waals surface area (Å²) < 4.78 is 5.98. The zero-order valence-corrected chi connectivity index (χ0v) is 16.1. The highest BCUT2D eigenvalue weighted by atomic mass is 32.1. The number of thiophene rings is 1. The molecule has 1 fully saturated rings. The Morgan fingerprint density at radius 2 is 1.83 bits per heavy atom. The first-order chi connectivity index (χ1) is 11.6. The van der Waals surface area contributed by atoms with E-state index in [1.807, 2.05) is 18.3 Å². The quantitative estimate of drug-likeness (QED) is 0.578. The number of hydrogen-bond donors (Lipinski definition) is 2. The van der Waals surface area contributed by atoms with Gasteiger partial charge in [-0.15, -0.1) is 11.3 Å². The standard InChI is InChI=1S/C20H35NO2S/c1-20(21,16-22)14-13-19-12-11-18(24-19)10-6-3-7-15-23-17-8-4-2-5-9-17/h11-12,17,22H,2-10,13-16,21H2,1H3. The van der Waals surface area contributed by atoms with Gasteiger partial charge in [-0.25, -0.2) is 0 Å².